The molecule has 0 radical (unpaired) electrons. The highest BCUT2D eigenvalue weighted by Crippen LogP contribution is 2.21. The lowest BCUT2D eigenvalue weighted by Crippen LogP contribution is -2.11. The number of esters is 1. The Balaban J connectivity index is 1.71. The van der Waals surface area contributed by atoms with Gasteiger partial charge >= 0.3 is 5.97 Å². The molecule has 0 atom stereocenters. The van der Waals surface area contributed by atoms with E-state index in [-0.39, 0.29) is 23.3 Å². The van der Waals surface area contributed by atoms with Crippen molar-refractivity contribution in [1.29, 1.82) is 0 Å². The van der Waals surface area contributed by atoms with Gasteiger partial charge in [-0.2, -0.15) is 0 Å². The van der Waals surface area contributed by atoms with Gasteiger partial charge in [0, 0.05) is 0 Å². The lowest BCUT2D eigenvalue weighted by atomic mass is 10.2. The summed E-state index contributed by atoms with van der Waals surface area (Å²) in [5.74, 6) is -0.761. The SMILES string of the molecule is CCOC(=O)Cc1nnc(NC(=O)c2onc3ccccc23)s1. The van der Waals surface area contributed by atoms with Gasteiger partial charge < -0.3 is 9.26 Å². The molecule has 0 saturated carbocycles. The lowest BCUT2D eigenvalue weighted by Gasteiger charge is -1.97. The fraction of sp³-hybridized carbons (Fsp3) is 0.214. The number of carbonyl (C=O) groups is 2. The van der Waals surface area contributed by atoms with E-state index in [9.17, 15) is 9.59 Å². The van der Waals surface area contributed by atoms with Crippen molar-refractivity contribution in [3.63, 3.8) is 0 Å². The van der Waals surface area contributed by atoms with Crippen molar-refractivity contribution in [3.05, 3.63) is 35.0 Å². The molecule has 118 valence electrons. The third-order valence-corrected chi connectivity index (χ3v) is 3.72. The van der Waals surface area contributed by atoms with Gasteiger partial charge in [-0.15, -0.1) is 10.2 Å². The Labute approximate surface area is 134 Å². The van der Waals surface area contributed by atoms with Crippen LogP contribution in [0.3, 0.4) is 0 Å². The molecule has 1 aromatic carbocycles. The first-order chi connectivity index (χ1) is 11.2. The molecule has 3 aromatic rings. The van der Waals surface area contributed by atoms with Gasteiger partial charge in [-0.05, 0) is 19.1 Å². The second-order valence-electron chi connectivity index (χ2n) is 4.47. The summed E-state index contributed by atoms with van der Waals surface area (Å²) in [4.78, 5) is 23.6. The van der Waals surface area contributed by atoms with Crippen molar-refractivity contribution in [2.75, 3.05) is 11.9 Å². The van der Waals surface area contributed by atoms with E-state index in [1.54, 1.807) is 31.2 Å². The highest BCUT2D eigenvalue weighted by Gasteiger charge is 2.18. The summed E-state index contributed by atoms with van der Waals surface area (Å²) in [7, 11) is 0. The van der Waals surface area contributed by atoms with Crippen LogP contribution in [0.25, 0.3) is 10.9 Å². The molecule has 3 rings (SSSR count). The molecule has 23 heavy (non-hydrogen) atoms. The maximum absolute atomic E-state index is 12.2. The number of fused-ring (bicyclic) bond motifs is 1. The normalized spacial score (nSPS) is 10.7. The van der Waals surface area contributed by atoms with Crippen molar-refractivity contribution in [1.82, 2.24) is 15.4 Å². The summed E-state index contributed by atoms with van der Waals surface area (Å²) in [5, 5.41) is 15.4. The highest BCUT2D eigenvalue weighted by atomic mass is 32.1. The predicted molar refractivity (Wildman–Crippen MR) is 82.2 cm³/mol. The van der Waals surface area contributed by atoms with Gasteiger partial charge in [0.1, 0.15) is 10.5 Å². The molecule has 1 amide bonds. The van der Waals surface area contributed by atoms with Crippen molar-refractivity contribution >= 4 is 39.2 Å². The standard InChI is InChI=1S/C14H12N4O4S/c1-2-21-11(19)7-10-16-17-14(23-10)15-13(20)12-8-5-3-4-6-9(8)18-22-12/h3-6H,2,7H2,1H3,(H,15,17,20). The summed E-state index contributed by atoms with van der Waals surface area (Å²) in [6, 6.07) is 7.09. The highest BCUT2D eigenvalue weighted by molar-refractivity contribution is 7.15. The Bertz CT molecular complexity index is 857. The largest absolute Gasteiger partial charge is 0.466 e. The first kappa shape index (κ1) is 15.1. The van der Waals surface area contributed by atoms with Gasteiger partial charge in [0.15, 0.2) is 0 Å². The van der Waals surface area contributed by atoms with Crippen molar-refractivity contribution in [2.45, 2.75) is 13.3 Å². The van der Waals surface area contributed by atoms with Crippen LogP contribution < -0.4 is 5.32 Å². The predicted octanol–water partition coefficient (Wildman–Crippen LogP) is 2.04. The van der Waals surface area contributed by atoms with Crippen LogP contribution in [-0.2, 0) is 16.0 Å². The van der Waals surface area contributed by atoms with E-state index in [0.717, 1.165) is 11.3 Å². The van der Waals surface area contributed by atoms with Crippen LogP contribution in [0.4, 0.5) is 5.13 Å². The molecule has 2 heterocycles. The molecule has 0 unspecified atom stereocenters. The van der Waals surface area contributed by atoms with Crippen LogP contribution in [0.15, 0.2) is 28.8 Å². The van der Waals surface area contributed by atoms with E-state index in [1.165, 1.54) is 0 Å². The number of aromatic nitrogens is 3. The van der Waals surface area contributed by atoms with E-state index < -0.39 is 5.91 Å². The molecule has 0 spiro atoms. The number of amides is 1. The molecule has 2 aromatic heterocycles. The zero-order valence-electron chi connectivity index (χ0n) is 12.1. The number of nitrogens with zero attached hydrogens (tertiary/aromatic N) is 3. The molecular weight excluding hydrogens is 320 g/mol. The molecule has 0 aliphatic carbocycles. The second kappa shape index (κ2) is 6.53. The number of anilines is 1. The topological polar surface area (TPSA) is 107 Å². The summed E-state index contributed by atoms with van der Waals surface area (Å²) >= 11 is 1.10. The first-order valence-corrected chi connectivity index (χ1v) is 7.62. The average molecular weight is 332 g/mol. The molecule has 0 aliphatic heterocycles. The Kier molecular flexibility index (Phi) is 4.29. The van der Waals surface area contributed by atoms with Crippen LogP contribution in [0, 0.1) is 0 Å². The number of carbonyl (C=O) groups excluding carboxylic acids is 2. The van der Waals surface area contributed by atoms with Crippen molar-refractivity contribution < 1.29 is 18.8 Å². The molecule has 0 saturated heterocycles. The van der Waals surface area contributed by atoms with E-state index in [0.29, 0.717) is 22.5 Å². The molecule has 0 fully saturated rings. The van der Waals surface area contributed by atoms with Gasteiger partial charge in [-0.1, -0.05) is 28.6 Å². The summed E-state index contributed by atoms with van der Waals surface area (Å²) in [5.41, 5.74) is 0.595. The van der Waals surface area contributed by atoms with Crippen molar-refractivity contribution in [3.8, 4) is 0 Å². The fourth-order valence-electron chi connectivity index (χ4n) is 1.92. The van der Waals surface area contributed by atoms with Crippen LogP contribution in [0.1, 0.15) is 22.5 Å². The van der Waals surface area contributed by atoms with E-state index >= 15 is 0 Å². The molecule has 8 nitrogen and oxygen atoms in total. The summed E-state index contributed by atoms with van der Waals surface area (Å²) in [6.07, 6.45) is 0.0205. The van der Waals surface area contributed by atoms with Gasteiger partial charge in [0.2, 0.25) is 10.9 Å². The number of rotatable bonds is 5. The zero-order valence-corrected chi connectivity index (χ0v) is 12.9. The minimum Gasteiger partial charge on any atom is -0.466 e. The third-order valence-electron chi connectivity index (χ3n) is 2.88. The van der Waals surface area contributed by atoms with E-state index in [2.05, 4.69) is 20.7 Å². The second-order valence-corrected chi connectivity index (χ2v) is 5.53. The van der Waals surface area contributed by atoms with Gasteiger partial charge in [0.25, 0.3) is 5.91 Å². The molecule has 0 aliphatic rings. The number of hydrogen-bond acceptors (Lipinski definition) is 8. The van der Waals surface area contributed by atoms with Crippen LogP contribution in [-0.4, -0.2) is 33.8 Å². The monoisotopic (exact) mass is 332 g/mol. The quantitative estimate of drug-likeness (QED) is 0.712. The smallest absolute Gasteiger partial charge is 0.312 e. The van der Waals surface area contributed by atoms with Crippen molar-refractivity contribution in [2.24, 2.45) is 0 Å². The summed E-state index contributed by atoms with van der Waals surface area (Å²) in [6.45, 7) is 2.03. The van der Waals surface area contributed by atoms with E-state index in [4.69, 9.17) is 9.26 Å². The lowest BCUT2D eigenvalue weighted by molar-refractivity contribution is -0.142. The molecular formula is C14H12N4O4S. The molecule has 9 heteroatoms. The summed E-state index contributed by atoms with van der Waals surface area (Å²) < 4.78 is 9.91. The number of nitrogens with one attached hydrogen (secondary N) is 1. The minimum absolute atomic E-state index is 0.0205. The maximum atomic E-state index is 12.2. The maximum Gasteiger partial charge on any atom is 0.312 e. The third kappa shape index (κ3) is 3.34. The Hall–Kier alpha value is -2.81. The Morgan fingerprint density at radius 2 is 2.13 bits per heavy atom. The Morgan fingerprint density at radius 3 is 2.96 bits per heavy atom. The van der Waals surface area contributed by atoms with Crippen LogP contribution >= 0.6 is 11.3 Å². The van der Waals surface area contributed by atoms with E-state index in [1.807, 2.05) is 0 Å². The van der Waals surface area contributed by atoms with Gasteiger partial charge in [-0.3, -0.25) is 14.9 Å². The number of benzene rings is 1. The zero-order chi connectivity index (χ0) is 16.2. The average Bonchev–Trinajstić information content (AvgIpc) is 3.14. The first-order valence-electron chi connectivity index (χ1n) is 6.81. The minimum atomic E-state index is -0.475. The van der Waals surface area contributed by atoms with Crippen LogP contribution in [0.2, 0.25) is 0 Å². The fourth-order valence-corrected chi connectivity index (χ4v) is 2.64. The molecule has 1 N–H and O–H groups in total. The Morgan fingerprint density at radius 1 is 1.30 bits per heavy atom. The number of hydrogen-bond donors (Lipinski definition) is 1. The van der Waals surface area contributed by atoms with Gasteiger partial charge in [0.05, 0.1) is 18.4 Å². The molecule has 0 bridgehead atoms. The van der Waals surface area contributed by atoms with Crippen LogP contribution in [0.5, 0.6) is 0 Å². The number of ether oxygens (including phenoxy) is 1. The van der Waals surface area contributed by atoms with Gasteiger partial charge in [-0.25, -0.2) is 0 Å².